The number of fused-ring (bicyclic) bond motifs is 1. The van der Waals surface area contributed by atoms with Gasteiger partial charge in [0.1, 0.15) is 17.2 Å². The maximum absolute atomic E-state index is 13.4. The lowest BCUT2D eigenvalue weighted by Gasteiger charge is -2.38. The van der Waals surface area contributed by atoms with Crippen LogP contribution in [0.25, 0.3) is 0 Å². The van der Waals surface area contributed by atoms with Crippen molar-refractivity contribution < 1.29 is 22.7 Å². The van der Waals surface area contributed by atoms with E-state index in [-0.39, 0.29) is 0 Å². The Bertz CT molecular complexity index is 634. The molecule has 2 heterocycles. The van der Waals surface area contributed by atoms with Gasteiger partial charge in [0.05, 0.1) is 18.6 Å². The van der Waals surface area contributed by atoms with Gasteiger partial charge in [0.15, 0.2) is 0 Å². The number of hydrogen-bond acceptors (Lipinski definition) is 3. The number of carbonyl (C=O) groups is 1. The van der Waals surface area contributed by atoms with Crippen LogP contribution in [0.5, 0.6) is 5.75 Å². The molecule has 1 saturated heterocycles. The molecule has 7 heteroatoms. The van der Waals surface area contributed by atoms with Crippen molar-refractivity contribution in [1.29, 1.82) is 0 Å². The van der Waals surface area contributed by atoms with Crippen molar-refractivity contribution >= 4 is 5.91 Å². The Morgan fingerprint density at radius 2 is 2.09 bits per heavy atom. The van der Waals surface area contributed by atoms with E-state index in [1.54, 1.807) is 6.07 Å². The van der Waals surface area contributed by atoms with Gasteiger partial charge in [0.25, 0.3) is 5.92 Å². The predicted octanol–water partition coefficient (Wildman–Crippen LogP) is 2.54. The summed E-state index contributed by atoms with van der Waals surface area (Å²) in [6.45, 7) is 3.18. The fraction of sp³-hybridized carbons (Fsp3) is 0.562. The number of rotatable bonds is 2. The second kappa shape index (κ2) is 5.40. The summed E-state index contributed by atoms with van der Waals surface area (Å²) in [5.74, 6) is -3.39. The fourth-order valence-electron chi connectivity index (χ4n) is 3.13. The molecule has 1 aromatic rings. The molecule has 2 atom stereocenters. The minimum atomic E-state index is -2.86. The highest BCUT2D eigenvalue weighted by Gasteiger charge is 2.43. The second-order valence-corrected chi connectivity index (χ2v) is 6.80. The monoisotopic (exact) mass is 328 g/mol. The highest BCUT2D eigenvalue weighted by Crippen LogP contribution is 2.40. The number of halogens is 3. The molecule has 0 aromatic heterocycles. The number of carbonyl (C=O) groups excluding carboxylic acids is 1. The van der Waals surface area contributed by atoms with E-state index in [1.807, 2.05) is 13.8 Å². The fourth-order valence-corrected chi connectivity index (χ4v) is 3.13. The molecule has 2 aliphatic rings. The van der Waals surface area contributed by atoms with Crippen molar-refractivity contribution in [1.82, 2.24) is 10.6 Å². The van der Waals surface area contributed by atoms with Crippen LogP contribution in [0.3, 0.4) is 0 Å². The van der Waals surface area contributed by atoms with Crippen molar-refractivity contribution in [2.75, 3.05) is 6.54 Å². The minimum absolute atomic E-state index is 0.372. The summed E-state index contributed by atoms with van der Waals surface area (Å²) in [5.41, 5.74) is 0.0648. The Hall–Kier alpha value is -1.76. The van der Waals surface area contributed by atoms with Gasteiger partial charge in [-0.1, -0.05) is 6.07 Å². The number of nitrogens with one attached hydrogen (secondary N) is 2. The zero-order chi connectivity index (χ0) is 16.8. The van der Waals surface area contributed by atoms with Crippen molar-refractivity contribution in [3.63, 3.8) is 0 Å². The number of amides is 1. The van der Waals surface area contributed by atoms with Crippen LogP contribution >= 0.6 is 0 Å². The number of hydrogen-bond donors (Lipinski definition) is 2. The van der Waals surface area contributed by atoms with Gasteiger partial charge in [-0.05, 0) is 19.9 Å². The lowest BCUT2D eigenvalue weighted by atomic mass is 9.89. The third-order valence-electron chi connectivity index (χ3n) is 4.18. The van der Waals surface area contributed by atoms with Crippen LogP contribution in [0.4, 0.5) is 13.2 Å². The lowest BCUT2D eigenvalue weighted by molar-refractivity contribution is -0.124. The molecule has 126 valence electrons. The maximum atomic E-state index is 13.4. The standard InChI is InChI=1S/C16H19F3N2O2/c1-15(2)6-11(10-4-3-9(17)5-13(10)23-15)21-14(22)12-7-16(18,19)8-20-12/h3-5,11-12,20H,6-8H2,1-2H3,(H,21,22). The average Bonchev–Trinajstić information content (AvgIpc) is 2.77. The Balaban J connectivity index is 1.79. The number of alkyl halides is 2. The van der Waals surface area contributed by atoms with E-state index in [9.17, 15) is 18.0 Å². The van der Waals surface area contributed by atoms with E-state index in [2.05, 4.69) is 10.6 Å². The molecule has 1 fully saturated rings. The van der Waals surface area contributed by atoms with Gasteiger partial charge >= 0.3 is 0 Å². The molecule has 0 aliphatic carbocycles. The van der Waals surface area contributed by atoms with Crippen LogP contribution in [0.15, 0.2) is 18.2 Å². The van der Waals surface area contributed by atoms with Crippen molar-refractivity contribution in [3.05, 3.63) is 29.6 Å². The molecule has 23 heavy (non-hydrogen) atoms. The van der Waals surface area contributed by atoms with Gasteiger partial charge in [0, 0.05) is 24.5 Å². The Kier molecular flexibility index (Phi) is 3.78. The summed E-state index contributed by atoms with van der Waals surface area (Å²) in [6.07, 6.45) is -0.0395. The van der Waals surface area contributed by atoms with E-state index in [4.69, 9.17) is 4.74 Å². The first-order chi connectivity index (χ1) is 10.7. The molecular formula is C16H19F3N2O2. The SMILES string of the molecule is CC1(C)CC(NC(=O)C2CC(F)(F)CN2)c2ccc(F)cc2O1. The van der Waals surface area contributed by atoms with Crippen LogP contribution in [-0.2, 0) is 4.79 Å². The Labute approximate surface area is 132 Å². The molecular weight excluding hydrogens is 309 g/mol. The first-order valence-electron chi connectivity index (χ1n) is 7.55. The van der Waals surface area contributed by atoms with Crippen molar-refractivity contribution in [3.8, 4) is 5.75 Å². The van der Waals surface area contributed by atoms with Crippen LogP contribution in [-0.4, -0.2) is 30.0 Å². The minimum Gasteiger partial charge on any atom is -0.487 e. The van der Waals surface area contributed by atoms with Crippen molar-refractivity contribution in [2.45, 2.75) is 50.3 Å². The van der Waals surface area contributed by atoms with E-state index < -0.39 is 48.3 Å². The van der Waals surface area contributed by atoms with Crippen LogP contribution in [0, 0.1) is 5.82 Å². The molecule has 2 unspecified atom stereocenters. The largest absolute Gasteiger partial charge is 0.487 e. The summed E-state index contributed by atoms with van der Waals surface area (Å²) < 4.78 is 45.6. The lowest BCUT2D eigenvalue weighted by Crippen LogP contribution is -2.46. The van der Waals surface area contributed by atoms with E-state index in [1.165, 1.54) is 12.1 Å². The van der Waals surface area contributed by atoms with E-state index in [0.29, 0.717) is 17.7 Å². The highest BCUT2D eigenvalue weighted by molar-refractivity contribution is 5.82. The predicted molar refractivity (Wildman–Crippen MR) is 78.0 cm³/mol. The Morgan fingerprint density at radius 1 is 1.35 bits per heavy atom. The molecule has 0 spiro atoms. The summed E-state index contributed by atoms with van der Waals surface area (Å²) in [6, 6.07) is 2.80. The van der Waals surface area contributed by atoms with Crippen molar-refractivity contribution in [2.24, 2.45) is 0 Å². The van der Waals surface area contributed by atoms with Gasteiger partial charge in [-0.15, -0.1) is 0 Å². The summed E-state index contributed by atoms with van der Waals surface area (Å²) >= 11 is 0. The highest BCUT2D eigenvalue weighted by atomic mass is 19.3. The van der Waals surface area contributed by atoms with E-state index >= 15 is 0 Å². The molecule has 0 radical (unpaired) electrons. The number of ether oxygens (including phenoxy) is 1. The molecule has 1 aromatic carbocycles. The third kappa shape index (κ3) is 3.44. The van der Waals surface area contributed by atoms with Gasteiger partial charge in [-0.3, -0.25) is 10.1 Å². The third-order valence-corrected chi connectivity index (χ3v) is 4.18. The summed E-state index contributed by atoms with van der Waals surface area (Å²) in [7, 11) is 0. The normalized spacial score (nSPS) is 27.9. The maximum Gasteiger partial charge on any atom is 0.262 e. The molecule has 0 bridgehead atoms. The molecule has 2 N–H and O–H groups in total. The Morgan fingerprint density at radius 3 is 2.74 bits per heavy atom. The molecule has 1 amide bonds. The van der Waals surface area contributed by atoms with Gasteiger partial charge in [-0.2, -0.15) is 0 Å². The number of benzene rings is 1. The summed E-state index contributed by atoms with van der Waals surface area (Å²) in [5, 5.41) is 5.33. The zero-order valence-corrected chi connectivity index (χ0v) is 13.0. The van der Waals surface area contributed by atoms with Crippen LogP contribution < -0.4 is 15.4 Å². The van der Waals surface area contributed by atoms with Crippen LogP contribution in [0.2, 0.25) is 0 Å². The second-order valence-electron chi connectivity index (χ2n) is 6.80. The van der Waals surface area contributed by atoms with Gasteiger partial charge in [0.2, 0.25) is 5.91 Å². The van der Waals surface area contributed by atoms with E-state index in [0.717, 1.165) is 0 Å². The molecule has 4 nitrogen and oxygen atoms in total. The van der Waals surface area contributed by atoms with Gasteiger partial charge < -0.3 is 10.1 Å². The molecule has 0 saturated carbocycles. The molecule has 3 rings (SSSR count). The molecule has 2 aliphatic heterocycles. The topological polar surface area (TPSA) is 50.4 Å². The smallest absolute Gasteiger partial charge is 0.262 e. The van der Waals surface area contributed by atoms with Gasteiger partial charge in [-0.25, -0.2) is 13.2 Å². The first-order valence-corrected chi connectivity index (χ1v) is 7.55. The summed E-state index contributed by atoms with van der Waals surface area (Å²) in [4.78, 5) is 12.3. The van der Waals surface area contributed by atoms with Crippen LogP contribution in [0.1, 0.15) is 38.3 Å². The first kappa shape index (κ1) is 16.1. The average molecular weight is 328 g/mol. The zero-order valence-electron chi connectivity index (χ0n) is 13.0. The quantitative estimate of drug-likeness (QED) is 0.877.